The van der Waals surface area contributed by atoms with Crippen LogP contribution in [-0.4, -0.2) is 42.2 Å². The molecule has 1 aromatic heterocycles. The monoisotopic (exact) mass is 442 g/mol. The molecule has 4 heterocycles. The summed E-state index contributed by atoms with van der Waals surface area (Å²) < 4.78 is 5.49. The lowest BCUT2D eigenvalue weighted by atomic mass is 9.73. The minimum absolute atomic E-state index is 0.181. The molecule has 0 aliphatic carbocycles. The van der Waals surface area contributed by atoms with E-state index in [0.29, 0.717) is 11.8 Å². The Hall–Kier alpha value is -3.38. The van der Waals surface area contributed by atoms with Gasteiger partial charge >= 0.3 is 6.03 Å². The molecule has 170 valence electrons. The zero-order chi connectivity index (χ0) is 22.8. The molecule has 6 rings (SSSR count). The van der Waals surface area contributed by atoms with Crippen molar-refractivity contribution in [3.05, 3.63) is 79.0 Å². The number of para-hydroxylation sites is 1. The summed E-state index contributed by atoms with van der Waals surface area (Å²) >= 11 is 0. The number of anilines is 1. The number of carbonyl (C=O) groups is 1. The van der Waals surface area contributed by atoms with Crippen molar-refractivity contribution >= 4 is 22.6 Å². The van der Waals surface area contributed by atoms with Crippen LogP contribution in [0.25, 0.3) is 10.9 Å². The molecule has 2 aromatic carbocycles. The van der Waals surface area contributed by atoms with E-state index in [9.17, 15) is 4.79 Å². The molecule has 4 unspecified atom stereocenters. The van der Waals surface area contributed by atoms with Gasteiger partial charge in [0.2, 0.25) is 0 Å². The summed E-state index contributed by atoms with van der Waals surface area (Å²) in [5.74, 6) is 1.89. The predicted molar refractivity (Wildman–Crippen MR) is 131 cm³/mol. The second-order valence-electron chi connectivity index (χ2n) is 8.97. The topological polar surface area (TPSA) is 66.5 Å². The van der Waals surface area contributed by atoms with Gasteiger partial charge in [-0.2, -0.15) is 0 Å². The minimum Gasteiger partial charge on any atom is -0.497 e. The lowest BCUT2D eigenvalue weighted by molar-refractivity contribution is 0.00340. The SMILES string of the molecule is C=CC1CN2CCC1CC2[C@@H](NC(=O)Nc1ccccc1)c1ccnc2ccc(OC)cc12. The number of benzene rings is 2. The van der Waals surface area contributed by atoms with Crippen molar-refractivity contribution in [3.63, 3.8) is 0 Å². The maximum Gasteiger partial charge on any atom is 0.319 e. The molecule has 6 nitrogen and oxygen atoms in total. The number of aromatic nitrogens is 1. The van der Waals surface area contributed by atoms with E-state index in [2.05, 4.69) is 33.2 Å². The maximum absolute atomic E-state index is 13.1. The molecular weight excluding hydrogens is 412 g/mol. The summed E-state index contributed by atoms with van der Waals surface area (Å²) in [5.41, 5.74) is 2.73. The molecule has 2 bridgehead atoms. The molecule has 3 aliphatic rings. The third-order valence-corrected chi connectivity index (χ3v) is 7.17. The van der Waals surface area contributed by atoms with Crippen LogP contribution in [0.4, 0.5) is 10.5 Å². The zero-order valence-corrected chi connectivity index (χ0v) is 18.9. The molecule has 33 heavy (non-hydrogen) atoms. The Morgan fingerprint density at radius 3 is 2.82 bits per heavy atom. The number of ether oxygens (including phenoxy) is 1. The van der Waals surface area contributed by atoms with Crippen LogP contribution < -0.4 is 15.4 Å². The van der Waals surface area contributed by atoms with Crippen LogP contribution in [0.3, 0.4) is 0 Å². The lowest BCUT2D eigenvalue weighted by Crippen LogP contribution is -2.57. The van der Waals surface area contributed by atoms with Crippen molar-refractivity contribution in [3.8, 4) is 5.75 Å². The second-order valence-corrected chi connectivity index (χ2v) is 8.97. The van der Waals surface area contributed by atoms with Gasteiger partial charge in [0.15, 0.2) is 0 Å². The maximum atomic E-state index is 13.1. The summed E-state index contributed by atoms with van der Waals surface area (Å²) in [6.45, 7) is 6.09. The van der Waals surface area contributed by atoms with Crippen LogP contribution in [0.1, 0.15) is 24.4 Å². The number of piperidine rings is 3. The van der Waals surface area contributed by atoms with Crippen molar-refractivity contribution in [2.45, 2.75) is 24.9 Å². The van der Waals surface area contributed by atoms with Crippen LogP contribution >= 0.6 is 0 Å². The lowest BCUT2D eigenvalue weighted by Gasteiger charge is -2.51. The van der Waals surface area contributed by atoms with Gasteiger partial charge in [-0.1, -0.05) is 24.3 Å². The van der Waals surface area contributed by atoms with E-state index in [1.807, 2.05) is 60.8 Å². The Balaban J connectivity index is 1.51. The summed E-state index contributed by atoms with van der Waals surface area (Å²) in [4.78, 5) is 20.2. The Labute approximate surface area is 194 Å². The smallest absolute Gasteiger partial charge is 0.319 e. The Kier molecular flexibility index (Phi) is 6.01. The Morgan fingerprint density at radius 2 is 2.09 bits per heavy atom. The average molecular weight is 443 g/mol. The molecule has 3 aromatic rings. The Bertz CT molecular complexity index is 1150. The van der Waals surface area contributed by atoms with Gasteiger partial charge in [0.05, 0.1) is 18.7 Å². The fourth-order valence-corrected chi connectivity index (χ4v) is 5.48. The number of fused-ring (bicyclic) bond motifs is 4. The van der Waals surface area contributed by atoms with Crippen molar-refractivity contribution in [1.82, 2.24) is 15.2 Å². The summed E-state index contributed by atoms with van der Waals surface area (Å²) in [6.07, 6.45) is 6.14. The molecule has 6 heteroatoms. The minimum atomic E-state index is -0.207. The van der Waals surface area contributed by atoms with Gasteiger partial charge < -0.3 is 15.4 Å². The molecule has 5 atom stereocenters. The van der Waals surface area contributed by atoms with Gasteiger partial charge in [-0.15, -0.1) is 6.58 Å². The van der Waals surface area contributed by atoms with Crippen LogP contribution in [0, 0.1) is 11.8 Å². The molecule has 3 aliphatic heterocycles. The van der Waals surface area contributed by atoms with E-state index < -0.39 is 0 Å². The number of hydrogen-bond donors (Lipinski definition) is 2. The van der Waals surface area contributed by atoms with Gasteiger partial charge in [0.25, 0.3) is 0 Å². The number of nitrogens with zero attached hydrogens (tertiary/aromatic N) is 2. The van der Waals surface area contributed by atoms with Gasteiger partial charge in [-0.05, 0) is 73.2 Å². The van der Waals surface area contributed by atoms with Crippen LogP contribution in [-0.2, 0) is 0 Å². The highest BCUT2D eigenvalue weighted by Crippen LogP contribution is 2.42. The average Bonchev–Trinajstić information content (AvgIpc) is 2.87. The van der Waals surface area contributed by atoms with Gasteiger partial charge in [0.1, 0.15) is 5.75 Å². The van der Waals surface area contributed by atoms with Crippen LogP contribution in [0.15, 0.2) is 73.4 Å². The van der Waals surface area contributed by atoms with Crippen molar-refractivity contribution < 1.29 is 9.53 Å². The third-order valence-electron chi connectivity index (χ3n) is 7.17. The third kappa shape index (κ3) is 4.31. The molecule has 3 saturated heterocycles. The van der Waals surface area contributed by atoms with Gasteiger partial charge in [-0.25, -0.2) is 4.79 Å². The fraction of sp³-hybridized carbons (Fsp3) is 0.333. The molecule has 3 fully saturated rings. The Morgan fingerprint density at radius 1 is 1.24 bits per heavy atom. The summed E-state index contributed by atoms with van der Waals surface area (Å²) in [5, 5.41) is 7.31. The first kappa shape index (κ1) is 21.5. The van der Waals surface area contributed by atoms with E-state index in [4.69, 9.17) is 4.74 Å². The number of pyridine rings is 1. The van der Waals surface area contributed by atoms with Crippen molar-refractivity contribution in [2.24, 2.45) is 11.8 Å². The number of rotatable bonds is 6. The largest absolute Gasteiger partial charge is 0.497 e. The first-order valence-corrected chi connectivity index (χ1v) is 11.6. The zero-order valence-electron chi connectivity index (χ0n) is 18.9. The van der Waals surface area contributed by atoms with Gasteiger partial charge in [0, 0.05) is 29.9 Å². The summed E-state index contributed by atoms with van der Waals surface area (Å²) in [6, 6.07) is 17.3. The molecule has 0 spiro atoms. The second kappa shape index (κ2) is 9.24. The van der Waals surface area contributed by atoms with E-state index >= 15 is 0 Å². The first-order valence-electron chi connectivity index (χ1n) is 11.6. The van der Waals surface area contributed by atoms with Crippen molar-refractivity contribution in [2.75, 3.05) is 25.5 Å². The van der Waals surface area contributed by atoms with Crippen LogP contribution in [0.5, 0.6) is 5.75 Å². The molecule has 2 N–H and O–H groups in total. The quantitative estimate of drug-likeness (QED) is 0.527. The number of amides is 2. The normalized spacial score (nSPS) is 24.8. The molecular formula is C27H30N4O2. The molecule has 2 amide bonds. The molecule has 0 saturated carbocycles. The predicted octanol–water partition coefficient (Wildman–Crippen LogP) is 5.00. The number of hydrogen-bond acceptors (Lipinski definition) is 4. The van der Waals surface area contributed by atoms with Gasteiger partial charge in [-0.3, -0.25) is 9.88 Å². The number of urea groups is 1. The van der Waals surface area contributed by atoms with E-state index in [0.717, 1.165) is 47.4 Å². The molecule has 0 radical (unpaired) electrons. The highest BCUT2D eigenvalue weighted by Gasteiger charge is 2.43. The number of nitrogens with one attached hydrogen (secondary N) is 2. The highest BCUT2D eigenvalue weighted by atomic mass is 16.5. The van der Waals surface area contributed by atoms with E-state index in [-0.39, 0.29) is 18.1 Å². The first-order chi connectivity index (χ1) is 16.2. The summed E-state index contributed by atoms with van der Waals surface area (Å²) in [7, 11) is 1.67. The highest BCUT2D eigenvalue weighted by molar-refractivity contribution is 5.90. The van der Waals surface area contributed by atoms with E-state index in [1.165, 1.54) is 6.42 Å². The standard InChI is InChI=1S/C27H30N4O2/c1-3-18-17-31-14-12-19(18)15-25(31)26(30-27(32)29-20-7-5-4-6-8-20)22-11-13-28-24-10-9-21(33-2)16-23(22)24/h3-11,13,16,18-19,25-26H,1,12,14-15,17H2,2H3,(H2,29,30,32)/t18?,19?,25?,26-/m0/s1. The van der Waals surface area contributed by atoms with Crippen LogP contribution in [0.2, 0.25) is 0 Å². The van der Waals surface area contributed by atoms with E-state index in [1.54, 1.807) is 7.11 Å². The fourth-order valence-electron chi connectivity index (χ4n) is 5.48. The van der Waals surface area contributed by atoms with Crippen molar-refractivity contribution in [1.29, 1.82) is 0 Å². The number of methoxy groups -OCH3 is 1. The number of carbonyl (C=O) groups excluding carboxylic acids is 1.